The van der Waals surface area contributed by atoms with Crippen LogP contribution in [0.3, 0.4) is 0 Å². The Morgan fingerprint density at radius 1 is 1.47 bits per heavy atom. The highest BCUT2D eigenvalue weighted by Crippen LogP contribution is 2.30. The van der Waals surface area contributed by atoms with Gasteiger partial charge in [-0.2, -0.15) is 0 Å². The second-order valence-electron chi connectivity index (χ2n) is 3.62. The second kappa shape index (κ2) is 4.24. The van der Waals surface area contributed by atoms with E-state index in [4.69, 9.17) is 26.8 Å². The Kier molecular flexibility index (Phi) is 2.98. The van der Waals surface area contributed by atoms with Crippen LogP contribution < -0.4 is 10.5 Å². The highest BCUT2D eigenvalue weighted by atomic mass is 35.5. The van der Waals surface area contributed by atoms with Crippen molar-refractivity contribution in [3.63, 3.8) is 0 Å². The maximum absolute atomic E-state index is 5.73. The predicted octanol–water partition coefficient (Wildman–Crippen LogP) is 1.87. The maximum Gasteiger partial charge on any atom is 0.237 e. The van der Waals surface area contributed by atoms with Gasteiger partial charge in [-0.3, -0.25) is 0 Å². The van der Waals surface area contributed by atoms with E-state index in [1.165, 1.54) is 6.20 Å². The highest BCUT2D eigenvalue weighted by molar-refractivity contribution is 6.30. The number of pyridine rings is 1. The van der Waals surface area contributed by atoms with Crippen molar-refractivity contribution in [2.45, 2.75) is 25.0 Å². The molecule has 4 nitrogen and oxygen atoms in total. The van der Waals surface area contributed by atoms with Gasteiger partial charge in [0, 0.05) is 26.1 Å². The zero-order valence-corrected chi connectivity index (χ0v) is 9.20. The van der Waals surface area contributed by atoms with E-state index in [0.29, 0.717) is 22.7 Å². The molecular weight excluding hydrogens is 216 g/mol. The number of methoxy groups -OCH3 is 1. The molecule has 0 aliphatic heterocycles. The van der Waals surface area contributed by atoms with Crippen molar-refractivity contribution in [2.24, 2.45) is 0 Å². The Balaban J connectivity index is 1.94. The van der Waals surface area contributed by atoms with Crippen molar-refractivity contribution in [3.05, 3.63) is 17.3 Å². The van der Waals surface area contributed by atoms with Crippen LogP contribution in [0.5, 0.6) is 5.88 Å². The minimum atomic E-state index is 0.158. The summed E-state index contributed by atoms with van der Waals surface area (Å²) in [7, 11) is 1.70. The Bertz CT molecular complexity index is 353. The van der Waals surface area contributed by atoms with Gasteiger partial charge < -0.3 is 15.2 Å². The fourth-order valence-corrected chi connectivity index (χ4v) is 1.67. The standard InChI is InChI=1S/C10H13ClN2O2/c1-14-7-3-8(4-7)15-10-9(12)2-6(11)5-13-10/h2,5,7-8H,3-4,12H2,1H3/t7-,8-. The molecule has 0 atom stereocenters. The molecule has 0 bridgehead atoms. The van der Waals surface area contributed by atoms with Crippen molar-refractivity contribution in [3.8, 4) is 5.88 Å². The zero-order valence-electron chi connectivity index (χ0n) is 8.44. The first-order valence-corrected chi connectivity index (χ1v) is 5.17. The molecule has 0 spiro atoms. The van der Waals surface area contributed by atoms with Crippen molar-refractivity contribution in [1.29, 1.82) is 0 Å². The number of aromatic nitrogens is 1. The molecule has 1 aromatic heterocycles. The van der Waals surface area contributed by atoms with Crippen LogP contribution in [0.1, 0.15) is 12.8 Å². The smallest absolute Gasteiger partial charge is 0.237 e. The van der Waals surface area contributed by atoms with Gasteiger partial charge in [0.1, 0.15) is 6.10 Å². The molecule has 1 aliphatic carbocycles. The number of nitrogens with zero attached hydrogens (tertiary/aromatic N) is 1. The van der Waals surface area contributed by atoms with Gasteiger partial charge in [-0.05, 0) is 6.07 Å². The van der Waals surface area contributed by atoms with Crippen LogP contribution in [0.2, 0.25) is 5.02 Å². The summed E-state index contributed by atoms with van der Waals surface area (Å²) in [6, 6.07) is 1.64. The van der Waals surface area contributed by atoms with E-state index in [1.807, 2.05) is 0 Å². The molecule has 0 saturated heterocycles. The highest BCUT2D eigenvalue weighted by Gasteiger charge is 2.31. The van der Waals surface area contributed by atoms with Gasteiger partial charge in [0.25, 0.3) is 0 Å². The second-order valence-corrected chi connectivity index (χ2v) is 4.05. The summed E-state index contributed by atoms with van der Waals surface area (Å²) in [4.78, 5) is 4.03. The van der Waals surface area contributed by atoms with Gasteiger partial charge in [-0.1, -0.05) is 11.6 Å². The third kappa shape index (κ3) is 2.33. The lowest BCUT2D eigenvalue weighted by Crippen LogP contribution is -2.39. The molecule has 1 saturated carbocycles. The van der Waals surface area contributed by atoms with Gasteiger partial charge in [-0.15, -0.1) is 0 Å². The Morgan fingerprint density at radius 3 is 2.80 bits per heavy atom. The molecule has 0 radical (unpaired) electrons. The quantitative estimate of drug-likeness (QED) is 0.858. The molecule has 2 N–H and O–H groups in total. The molecule has 1 fully saturated rings. The first-order chi connectivity index (χ1) is 7.19. The normalized spacial score (nSPS) is 24.7. The summed E-state index contributed by atoms with van der Waals surface area (Å²) in [6.45, 7) is 0. The van der Waals surface area contributed by atoms with E-state index in [2.05, 4.69) is 4.98 Å². The molecule has 15 heavy (non-hydrogen) atoms. The van der Waals surface area contributed by atoms with Crippen LogP contribution in [0, 0.1) is 0 Å². The van der Waals surface area contributed by atoms with Crippen LogP contribution in [-0.2, 0) is 4.74 Å². The van der Waals surface area contributed by atoms with E-state index >= 15 is 0 Å². The first-order valence-electron chi connectivity index (χ1n) is 4.79. The number of halogens is 1. The third-order valence-corrected chi connectivity index (χ3v) is 2.72. The number of hydrogen-bond acceptors (Lipinski definition) is 4. The minimum absolute atomic E-state index is 0.158. The Morgan fingerprint density at radius 2 is 2.20 bits per heavy atom. The molecule has 2 rings (SSSR count). The molecule has 0 amide bonds. The topological polar surface area (TPSA) is 57.4 Å². The lowest BCUT2D eigenvalue weighted by atomic mass is 9.92. The molecule has 1 aromatic rings. The summed E-state index contributed by atoms with van der Waals surface area (Å²) < 4.78 is 10.7. The fraction of sp³-hybridized carbons (Fsp3) is 0.500. The van der Waals surface area contributed by atoms with Crippen molar-refractivity contribution in [2.75, 3.05) is 12.8 Å². The number of nitrogens with two attached hydrogens (primary N) is 1. The average molecular weight is 229 g/mol. The van der Waals surface area contributed by atoms with Crippen LogP contribution in [0.25, 0.3) is 0 Å². The van der Waals surface area contributed by atoms with Crippen LogP contribution in [0.4, 0.5) is 5.69 Å². The Hall–Kier alpha value is -1.00. The van der Waals surface area contributed by atoms with Crippen LogP contribution >= 0.6 is 11.6 Å². The van der Waals surface area contributed by atoms with Crippen LogP contribution in [-0.4, -0.2) is 24.3 Å². The fourth-order valence-electron chi connectivity index (χ4n) is 1.50. The van der Waals surface area contributed by atoms with Crippen LogP contribution in [0.15, 0.2) is 12.3 Å². The van der Waals surface area contributed by atoms with Crippen molar-refractivity contribution >= 4 is 17.3 Å². The van der Waals surface area contributed by atoms with E-state index in [-0.39, 0.29) is 6.10 Å². The van der Waals surface area contributed by atoms with E-state index < -0.39 is 0 Å². The van der Waals surface area contributed by atoms with Gasteiger partial charge >= 0.3 is 0 Å². The van der Waals surface area contributed by atoms with E-state index in [0.717, 1.165) is 12.8 Å². The first kappa shape index (κ1) is 10.5. The Labute approximate surface area is 93.3 Å². The molecule has 82 valence electrons. The molecule has 1 heterocycles. The summed E-state index contributed by atoms with van der Waals surface area (Å²) in [5.41, 5.74) is 6.19. The number of rotatable bonds is 3. The number of anilines is 1. The predicted molar refractivity (Wildman–Crippen MR) is 58.1 cm³/mol. The van der Waals surface area contributed by atoms with E-state index in [9.17, 15) is 0 Å². The van der Waals surface area contributed by atoms with Gasteiger partial charge in [0.2, 0.25) is 5.88 Å². The minimum Gasteiger partial charge on any atom is -0.473 e. The average Bonchev–Trinajstić information content (AvgIpc) is 2.13. The molecular formula is C10H13ClN2O2. The third-order valence-electron chi connectivity index (χ3n) is 2.51. The summed E-state index contributed by atoms with van der Waals surface area (Å²) in [6.07, 6.45) is 3.77. The van der Waals surface area contributed by atoms with Crippen molar-refractivity contribution < 1.29 is 9.47 Å². The van der Waals surface area contributed by atoms with Crippen molar-refractivity contribution in [1.82, 2.24) is 4.98 Å². The monoisotopic (exact) mass is 228 g/mol. The molecule has 0 aromatic carbocycles. The largest absolute Gasteiger partial charge is 0.473 e. The maximum atomic E-state index is 5.73. The molecule has 1 aliphatic rings. The summed E-state index contributed by atoms with van der Waals surface area (Å²) >= 11 is 5.73. The number of ether oxygens (including phenoxy) is 2. The van der Waals surface area contributed by atoms with E-state index in [1.54, 1.807) is 13.2 Å². The molecule has 5 heteroatoms. The number of nitrogen functional groups attached to an aromatic ring is 1. The lowest BCUT2D eigenvalue weighted by molar-refractivity contribution is -0.0393. The molecule has 0 unspecified atom stereocenters. The van der Waals surface area contributed by atoms with Gasteiger partial charge in [0.05, 0.1) is 16.8 Å². The summed E-state index contributed by atoms with van der Waals surface area (Å²) in [5.74, 6) is 0.457. The van der Waals surface area contributed by atoms with Gasteiger partial charge in [-0.25, -0.2) is 4.98 Å². The zero-order chi connectivity index (χ0) is 10.8. The SMILES string of the molecule is CO[C@H]1C[C@H](Oc2ncc(Cl)cc2N)C1. The number of hydrogen-bond donors (Lipinski definition) is 1. The van der Waals surface area contributed by atoms with Gasteiger partial charge in [0.15, 0.2) is 0 Å². The summed E-state index contributed by atoms with van der Waals surface area (Å²) in [5, 5.41) is 0.517. The lowest BCUT2D eigenvalue weighted by Gasteiger charge is -2.33.